The van der Waals surface area contributed by atoms with E-state index in [1.165, 1.54) is 6.26 Å². The molecule has 1 aliphatic heterocycles. The normalized spacial score (nSPS) is 17.3. The van der Waals surface area contributed by atoms with Gasteiger partial charge in [-0.3, -0.25) is 4.90 Å². The van der Waals surface area contributed by atoms with Gasteiger partial charge in [0.05, 0.1) is 22.9 Å². The third-order valence-corrected chi connectivity index (χ3v) is 6.37. The van der Waals surface area contributed by atoms with E-state index in [2.05, 4.69) is 9.62 Å². The summed E-state index contributed by atoms with van der Waals surface area (Å²) in [6.07, 6.45) is -1.19. The van der Waals surface area contributed by atoms with Crippen molar-refractivity contribution in [3.05, 3.63) is 52.9 Å². The summed E-state index contributed by atoms with van der Waals surface area (Å²) in [6.45, 7) is 1.54. The van der Waals surface area contributed by atoms with Gasteiger partial charge in [0.2, 0.25) is 10.0 Å². The number of hydrogen-bond donors (Lipinski definition) is 1. The molecule has 10 heteroatoms. The van der Waals surface area contributed by atoms with Crippen LogP contribution < -0.4 is 4.72 Å². The third kappa shape index (κ3) is 4.66. The zero-order valence-corrected chi connectivity index (χ0v) is 15.7. The van der Waals surface area contributed by atoms with E-state index < -0.39 is 26.7 Å². The van der Waals surface area contributed by atoms with E-state index in [9.17, 15) is 21.6 Å². The second-order valence-electron chi connectivity index (χ2n) is 6.27. The molecule has 1 fully saturated rings. The van der Waals surface area contributed by atoms with Crippen LogP contribution in [0.1, 0.15) is 30.2 Å². The number of nitrogens with one attached hydrogen (secondary N) is 1. The molecule has 1 aromatic heterocycles. The van der Waals surface area contributed by atoms with Crippen LogP contribution in [0.15, 0.2) is 45.9 Å². The molecule has 2 heterocycles. The van der Waals surface area contributed by atoms with Crippen LogP contribution in [0.3, 0.4) is 0 Å². The first kappa shape index (κ1) is 20.2. The molecule has 1 aliphatic rings. The van der Waals surface area contributed by atoms with Crippen molar-refractivity contribution in [1.82, 2.24) is 9.62 Å². The van der Waals surface area contributed by atoms with Gasteiger partial charge in [0.25, 0.3) is 0 Å². The first-order valence-corrected chi connectivity index (χ1v) is 10.2. The first-order valence-electron chi connectivity index (χ1n) is 8.32. The molecule has 27 heavy (non-hydrogen) atoms. The zero-order chi connectivity index (χ0) is 19.7. The molecule has 5 nitrogen and oxygen atoms in total. The number of halogens is 4. The van der Waals surface area contributed by atoms with Crippen molar-refractivity contribution >= 4 is 21.6 Å². The highest BCUT2D eigenvalue weighted by atomic mass is 35.5. The number of nitrogens with zero attached hydrogens (tertiary/aromatic N) is 1. The quantitative estimate of drug-likeness (QED) is 0.762. The summed E-state index contributed by atoms with van der Waals surface area (Å²) in [4.78, 5) is 1.48. The van der Waals surface area contributed by atoms with Crippen LogP contribution in [-0.2, 0) is 16.2 Å². The third-order valence-electron chi connectivity index (χ3n) is 4.47. The Bertz CT molecular complexity index is 879. The van der Waals surface area contributed by atoms with Gasteiger partial charge < -0.3 is 4.42 Å². The molecule has 0 amide bonds. The summed E-state index contributed by atoms with van der Waals surface area (Å²) >= 11 is 5.86. The monoisotopic (exact) mass is 422 g/mol. The highest BCUT2D eigenvalue weighted by molar-refractivity contribution is 7.89. The molecule has 3 rings (SSSR count). The number of sulfonamides is 1. The van der Waals surface area contributed by atoms with Crippen LogP contribution in [0.25, 0.3) is 0 Å². The van der Waals surface area contributed by atoms with E-state index in [1.807, 2.05) is 0 Å². The molecule has 1 N–H and O–H groups in total. The Morgan fingerprint density at radius 1 is 1.22 bits per heavy atom. The lowest BCUT2D eigenvalue weighted by Gasteiger charge is -2.26. The molecule has 148 valence electrons. The fraction of sp³-hybridized carbons (Fsp3) is 0.412. The minimum atomic E-state index is -4.67. The van der Waals surface area contributed by atoms with E-state index in [4.69, 9.17) is 16.0 Å². The summed E-state index contributed by atoms with van der Waals surface area (Å²) < 4.78 is 71.8. The molecule has 1 saturated heterocycles. The summed E-state index contributed by atoms with van der Waals surface area (Å²) in [5.74, 6) is 0.592. The minimum absolute atomic E-state index is 0.0393. The number of alkyl halides is 3. The molecule has 0 spiro atoms. The molecule has 0 aliphatic carbocycles. The van der Waals surface area contributed by atoms with E-state index >= 15 is 0 Å². The molecule has 0 saturated carbocycles. The average molecular weight is 423 g/mol. The van der Waals surface area contributed by atoms with E-state index in [0.29, 0.717) is 11.8 Å². The molecule has 0 radical (unpaired) electrons. The standard InChI is InChI=1S/C17H18ClF3N2O3S/c18-13-6-5-12(17(19,20)21)10-16(13)27(24,25)22-11-14(15-4-3-9-26-15)23-7-1-2-8-23/h3-6,9-10,14,22H,1-2,7-8,11H2. The Labute approximate surface area is 160 Å². The van der Waals surface area contributed by atoms with Gasteiger partial charge in [-0.1, -0.05) is 11.6 Å². The zero-order valence-electron chi connectivity index (χ0n) is 14.2. The van der Waals surface area contributed by atoms with Crippen LogP contribution in [0, 0.1) is 0 Å². The van der Waals surface area contributed by atoms with Gasteiger partial charge in [0, 0.05) is 6.54 Å². The Balaban J connectivity index is 1.83. The van der Waals surface area contributed by atoms with Gasteiger partial charge in [0.1, 0.15) is 10.7 Å². The van der Waals surface area contributed by atoms with Crippen molar-refractivity contribution in [3.8, 4) is 0 Å². The van der Waals surface area contributed by atoms with Crippen LogP contribution in [-0.4, -0.2) is 33.0 Å². The average Bonchev–Trinajstić information content (AvgIpc) is 3.28. The first-order chi connectivity index (χ1) is 12.7. The van der Waals surface area contributed by atoms with Gasteiger partial charge in [-0.05, 0) is 56.3 Å². The van der Waals surface area contributed by atoms with Crippen molar-refractivity contribution in [2.24, 2.45) is 0 Å². The summed E-state index contributed by atoms with van der Waals surface area (Å²) in [7, 11) is -4.24. The van der Waals surface area contributed by atoms with Gasteiger partial charge in [-0.2, -0.15) is 13.2 Å². The molecular formula is C17H18ClF3N2O3S. The number of hydrogen-bond acceptors (Lipinski definition) is 4. The Morgan fingerprint density at radius 2 is 1.93 bits per heavy atom. The fourth-order valence-corrected chi connectivity index (χ4v) is 4.66. The van der Waals surface area contributed by atoms with Gasteiger partial charge in [0.15, 0.2) is 0 Å². The number of likely N-dealkylation sites (tertiary alicyclic amines) is 1. The lowest BCUT2D eigenvalue weighted by Crippen LogP contribution is -2.36. The lowest BCUT2D eigenvalue weighted by molar-refractivity contribution is -0.137. The van der Waals surface area contributed by atoms with Crippen LogP contribution >= 0.6 is 11.6 Å². The number of benzene rings is 1. The van der Waals surface area contributed by atoms with E-state index in [1.54, 1.807) is 12.1 Å². The van der Waals surface area contributed by atoms with Crippen molar-refractivity contribution in [1.29, 1.82) is 0 Å². The molecule has 1 aromatic carbocycles. The van der Waals surface area contributed by atoms with Crippen LogP contribution in [0.4, 0.5) is 13.2 Å². The Hall–Kier alpha value is -1.55. The Morgan fingerprint density at radius 3 is 2.52 bits per heavy atom. The highest BCUT2D eigenvalue weighted by Gasteiger charge is 2.33. The van der Waals surface area contributed by atoms with Crippen molar-refractivity contribution in [2.75, 3.05) is 19.6 Å². The summed E-state index contributed by atoms with van der Waals surface area (Å²) in [5.41, 5.74) is -1.07. The van der Waals surface area contributed by atoms with Crippen LogP contribution in [0.2, 0.25) is 5.02 Å². The lowest BCUT2D eigenvalue weighted by atomic mass is 10.2. The maximum Gasteiger partial charge on any atom is 0.416 e. The minimum Gasteiger partial charge on any atom is -0.468 e. The van der Waals surface area contributed by atoms with Gasteiger partial charge in [-0.15, -0.1) is 0 Å². The van der Waals surface area contributed by atoms with E-state index in [0.717, 1.165) is 38.1 Å². The molecule has 2 aromatic rings. The van der Waals surface area contributed by atoms with Gasteiger partial charge >= 0.3 is 6.18 Å². The highest BCUT2D eigenvalue weighted by Crippen LogP contribution is 2.33. The van der Waals surface area contributed by atoms with Crippen molar-refractivity contribution < 1.29 is 26.0 Å². The maximum atomic E-state index is 12.9. The molecule has 1 unspecified atom stereocenters. The molecule has 0 bridgehead atoms. The topological polar surface area (TPSA) is 62.6 Å². The predicted octanol–water partition coefficient (Wildman–Crippen LogP) is 4.07. The van der Waals surface area contributed by atoms with Gasteiger partial charge in [-0.25, -0.2) is 13.1 Å². The second-order valence-corrected chi connectivity index (χ2v) is 8.41. The smallest absolute Gasteiger partial charge is 0.416 e. The fourth-order valence-electron chi connectivity index (χ4n) is 3.10. The van der Waals surface area contributed by atoms with Crippen LogP contribution in [0.5, 0.6) is 0 Å². The second kappa shape index (κ2) is 7.83. The largest absolute Gasteiger partial charge is 0.468 e. The summed E-state index contributed by atoms with van der Waals surface area (Å²) in [6, 6.07) is 5.33. The summed E-state index contributed by atoms with van der Waals surface area (Å²) in [5, 5.41) is -0.272. The van der Waals surface area contributed by atoms with Crippen molar-refractivity contribution in [3.63, 3.8) is 0 Å². The molecular weight excluding hydrogens is 405 g/mol. The number of rotatable bonds is 6. The SMILES string of the molecule is O=S(=O)(NCC(c1ccco1)N1CCCC1)c1cc(C(F)(F)F)ccc1Cl. The number of furan rings is 1. The van der Waals surface area contributed by atoms with Crippen molar-refractivity contribution in [2.45, 2.75) is 30.0 Å². The Kier molecular flexibility index (Phi) is 5.85. The predicted molar refractivity (Wildman–Crippen MR) is 93.9 cm³/mol. The van der Waals surface area contributed by atoms with E-state index in [-0.39, 0.29) is 17.6 Å². The molecule has 1 atom stereocenters. The maximum absolute atomic E-state index is 12.9.